The Bertz CT molecular complexity index is 647. The number of halogens is 1. The van der Waals surface area contributed by atoms with E-state index in [4.69, 9.17) is 16.3 Å². The number of aryl methyl sites for hydroxylation is 1. The van der Waals surface area contributed by atoms with Gasteiger partial charge in [0.2, 0.25) is 5.16 Å². The van der Waals surface area contributed by atoms with Gasteiger partial charge in [-0.1, -0.05) is 17.7 Å². The SMILES string of the molecule is Cc1ccc(Cl)c(OC[C@@H](O)Cn2cnc([S@](C)=O)n2)c1. The van der Waals surface area contributed by atoms with Crippen LogP contribution < -0.4 is 4.74 Å². The Morgan fingerprint density at radius 3 is 2.95 bits per heavy atom. The van der Waals surface area contributed by atoms with Crippen LogP contribution in [0.4, 0.5) is 0 Å². The van der Waals surface area contributed by atoms with Gasteiger partial charge in [0.15, 0.2) is 0 Å². The van der Waals surface area contributed by atoms with Crippen LogP contribution in [0.15, 0.2) is 29.7 Å². The lowest BCUT2D eigenvalue weighted by molar-refractivity contribution is 0.0890. The van der Waals surface area contributed by atoms with E-state index in [0.717, 1.165) is 5.56 Å². The molecule has 2 aromatic rings. The quantitative estimate of drug-likeness (QED) is 0.867. The number of ether oxygens (including phenoxy) is 1. The summed E-state index contributed by atoms with van der Waals surface area (Å²) in [6, 6.07) is 5.44. The average Bonchev–Trinajstić information content (AvgIpc) is 2.88. The molecule has 6 nitrogen and oxygen atoms in total. The summed E-state index contributed by atoms with van der Waals surface area (Å²) in [5.74, 6) is 0.532. The Kier molecular flexibility index (Phi) is 5.33. The van der Waals surface area contributed by atoms with Crippen LogP contribution in [0.5, 0.6) is 5.75 Å². The van der Waals surface area contributed by atoms with Gasteiger partial charge in [-0.15, -0.1) is 5.10 Å². The molecule has 0 amide bonds. The van der Waals surface area contributed by atoms with Crippen LogP contribution in [-0.4, -0.2) is 43.0 Å². The lowest BCUT2D eigenvalue weighted by atomic mass is 10.2. The molecule has 2 rings (SSSR count). The van der Waals surface area contributed by atoms with Crippen molar-refractivity contribution in [1.82, 2.24) is 14.8 Å². The molecule has 0 spiro atoms. The van der Waals surface area contributed by atoms with Gasteiger partial charge >= 0.3 is 0 Å². The van der Waals surface area contributed by atoms with Crippen molar-refractivity contribution in [2.24, 2.45) is 0 Å². The van der Waals surface area contributed by atoms with Crippen LogP contribution in [0.3, 0.4) is 0 Å². The number of benzene rings is 1. The summed E-state index contributed by atoms with van der Waals surface area (Å²) in [5, 5.41) is 14.7. The zero-order chi connectivity index (χ0) is 15.4. The molecule has 0 aliphatic carbocycles. The first kappa shape index (κ1) is 15.9. The molecule has 1 N–H and O–H groups in total. The van der Waals surface area contributed by atoms with Gasteiger partial charge in [0.25, 0.3) is 0 Å². The summed E-state index contributed by atoms with van der Waals surface area (Å²) in [6.45, 7) is 2.21. The van der Waals surface area contributed by atoms with E-state index >= 15 is 0 Å². The first-order valence-corrected chi connectivity index (χ1v) is 8.19. The minimum Gasteiger partial charge on any atom is -0.489 e. The van der Waals surface area contributed by atoms with Crippen molar-refractivity contribution in [3.05, 3.63) is 35.1 Å². The minimum atomic E-state index is -1.24. The van der Waals surface area contributed by atoms with Crippen LogP contribution in [0.25, 0.3) is 0 Å². The van der Waals surface area contributed by atoms with E-state index < -0.39 is 16.9 Å². The standard InChI is InChI=1S/C13H16ClN3O3S/c1-9-3-4-11(14)12(5-9)20-7-10(18)6-17-8-15-13(16-17)21(2)19/h3-5,8,10,18H,6-7H2,1-2H3/t10-,21-/m0/s1. The highest BCUT2D eigenvalue weighted by molar-refractivity contribution is 7.84. The topological polar surface area (TPSA) is 77.2 Å². The minimum absolute atomic E-state index is 0.0770. The molecule has 8 heteroatoms. The first-order chi connectivity index (χ1) is 9.95. The summed E-state index contributed by atoms with van der Waals surface area (Å²) >= 11 is 6.01. The Labute approximate surface area is 130 Å². The molecule has 0 saturated carbocycles. The molecule has 0 unspecified atom stereocenters. The predicted octanol–water partition coefficient (Wildman–Crippen LogP) is 1.42. The molecule has 1 aromatic heterocycles. The van der Waals surface area contributed by atoms with Crippen molar-refractivity contribution < 1.29 is 14.1 Å². The molecular formula is C13H16ClN3O3S. The second kappa shape index (κ2) is 7.02. The molecule has 0 fully saturated rings. The number of rotatable bonds is 6. The molecule has 0 aliphatic rings. The molecule has 1 aromatic carbocycles. The van der Waals surface area contributed by atoms with E-state index in [9.17, 15) is 9.32 Å². The Balaban J connectivity index is 1.90. The van der Waals surface area contributed by atoms with Gasteiger partial charge in [0.05, 0.1) is 22.4 Å². The Hall–Kier alpha value is -1.44. The Morgan fingerprint density at radius 2 is 2.29 bits per heavy atom. The van der Waals surface area contributed by atoms with Crippen LogP contribution in [0.2, 0.25) is 5.02 Å². The van der Waals surface area contributed by atoms with Crippen LogP contribution in [0, 0.1) is 6.92 Å². The highest BCUT2D eigenvalue weighted by Crippen LogP contribution is 2.25. The molecule has 0 radical (unpaired) electrons. The number of aliphatic hydroxyl groups excluding tert-OH is 1. The van der Waals surface area contributed by atoms with Gasteiger partial charge in [0.1, 0.15) is 24.8 Å². The Morgan fingerprint density at radius 1 is 1.52 bits per heavy atom. The van der Waals surface area contributed by atoms with Crippen molar-refractivity contribution in [2.75, 3.05) is 12.9 Å². The monoisotopic (exact) mass is 329 g/mol. The maximum Gasteiger partial charge on any atom is 0.238 e. The van der Waals surface area contributed by atoms with Crippen molar-refractivity contribution in [1.29, 1.82) is 0 Å². The van der Waals surface area contributed by atoms with E-state index in [1.165, 1.54) is 17.3 Å². The fourth-order valence-electron chi connectivity index (χ4n) is 1.67. The van der Waals surface area contributed by atoms with E-state index in [1.54, 1.807) is 6.07 Å². The van der Waals surface area contributed by atoms with E-state index in [2.05, 4.69) is 10.1 Å². The average molecular weight is 330 g/mol. The molecule has 0 saturated heterocycles. The number of hydrogen-bond acceptors (Lipinski definition) is 5. The number of nitrogens with zero attached hydrogens (tertiary/aromatic N) is 3. The zero-order valence-corrected chi connectivity index (χ0v) is 13.3. The largest absolute Gasteiger partial charge is 0.489 e. The molecular weight excluding hydrogens is 314 g/mol. The van der Waals surface area contributed by atoms with Gasteiger partial charge in [-0.2, -0.15) is 0 Å². The third kappa shape index (κ3) is 4.52. The maximum absolute atomic E-state index is 11.2. The van der Waals surface area contributed by atoms with E-state index in [-0.39, 0.29) is 18.3 Å². The molecule has 114 valence electrons. The van der Waals surface area contributed by atoms with Crippen molar-refractivity contribution in [3.8, 4) is 5.75 Å². The van der Waals surface area contributed by atoms with Crippen LogP contribution in [-0.2, 0) is 17.3 Å². The lowest BCUT2D eigenvalue weighted by Gasteiger charge is -2.13. The summed E-state index contributed by atoms with van der Waals surface area (Å²) in [7, 11) is -1.24. The normalized spacial score (nSPS) is 13.9. The van der Waals surface area contributed by atoms with Gasteiger partial charge < -0.3 is 9.84 Å². The van der Waals surface area contributed by atoms with Crippen molar-refractivity contribution >= 4 is 22.4 Å². The summed E-state index contributed by atoms with van der Waals surface area (Å²) in [4.78, 5) is 3.89. The van der Waals surface area contributed by atoms with Gasteiger partial charge in [-0.3, -0.25) is 4.21 Å². The molecule has 0 bridgehead atoms. The molecule has 0 aliphatic heterocycles. The fourth-order valence-corrected chi connectivity index (χ4v) is 2.26. The molecule has 1 heterocycles. The second-order valence-electron chi connectivity index (χ2n) is 4.60. The van der Waals surface area contributed by atoms with Gasteiger partial charge in [0, 0.05) is 6.26 Å². The van der Waals surface area contributed by atoms with Gasteiger partial charge in [-0.25, -0.2) is 9.67 Å². The third-order valence-corrected chi connectivity index (χ3v) is 3.70. The van der Waals surface area contributed by atoms with Crippen LogP contribution >= 0.6 is 11.6 Å². The number of hydrogen-bond donors (Lipinski definition) is 1. The smallest absolute Gasteiger partial charge is 0.238 e. The summed E-state index contributed by atoms with van der Waals surface area (Å²) in [6.07, 6.45) is 2.15. The number of aliphatic hydroxyl groups is 1. The predicted molar refractivity (Wildman–Crippen MR) is 80.0 cm³/mol. The second-order valence-corrected chi connectivity index (χ2v) is 6.28. The number of aromatic nitrogens is 3. The lowest BCUT2D eigenvalue weighted by Crippen LogP contribution is -2.24. The highest BCUT2D eigenvalue weighted by atomic mass is 35.5. The summed E-state index contributed by atoms with van der Waals surface area (Å²) < 4.78 is 18.1. The van der Waals surface area contributed by atoms with Crippen molar-refractivity contribution in [3.63, 3.8) is 0 Å². The zero-order valence-electron chi connectivity index (χ0n) is 11.7. The molecule has 2 atom stereocenters. The van der Waals surface area contributed by atoms with E-state index in [1.807, 2.05) is 19.1 Å². The van der Waals surface area contributed by atoms with Crippen LogP contribution in [0.1, 0.15) is 5.56 Å². The van der Waals surface area contributed by atoms with Gasteiger partial charge in [-0.05, 0) is 24.6 Å². The first-order valence-electron chi connectivity index (χ1n) is 6.25. The highest BCUT2D eigenvalue weighted by Gasteiger charge is 2.11. The summed E-state index contributed by atoms with van der Waals surface area (Å²) in [5.41, 5.74) is 1.02. The van der Waals surface area contributed by atoms with E-state index in [0.29, 0.717) is 10.8 Å². The van der Waals surface area contributed by atoms with Crippen molar-refractivity contribution in [2.45, 2.75) is 24.7 Å². The third-order valence-electron chi connectivity index (χ3n) is 2.69. The molecule has 21 heavy (non-hydrogen) atoms. The fraction of sp³-hybridized carbons (Fsp3) is 0.385. The maximum atomic E-state index is 11.2.